The van der Waals surface area contributed by atoms with Crippen molar-refractivity contribution in [2.24, 2.45) is 0 Å². The van der Waals surface area contributed by atoms with E-state index in [2.05, 4.69) is 0 Å². The summed E-state index contributed by atoms with van der Waals surface area (Å²) in [6, 6.07) is 3.59. The first-order chi connectivity index (χ1) is 6.82. The van der Waals surface area contributed by atoms with Crippen LogP contribution in [-0.4, -0.2) is 11.2 Å². The third-order valence-corrected chi connectivity index (χ3v) is 2.28. The average molecular weight is 239 g/mol. The van der Waals surface area contributed by atoms with Crippen LogP contribution in [-0.2, 0) is 12.6 Å². The zero-order valence-corrected chi connectivity index (χ0v) is 8.73. The van der Waals surface area contributed by atoms with Crippen LogP contribution >= 0.6 is 11.6 Å². The fraction of sp³-hybridized carbons (Fsp3) is 0.400. The molecule has 0 aliphatic rings. The zero-order valence-electron chi connectivity index (χ0n) is 7.98. The number of hydrogen-bond donors (Lipinski definition) is 1. The van der Waals surface area contributed by atoms with Crippen LogP contribution in [0.5, 0.6) is 0 Å². The number of halogens is 4. The third kappa shape index (κ3) is 3.11. The second-order valence-corrected chi connectivity index (χ2v) is 3.72. The van der Waals surface area contributed by atoms with Gasteiger partial charge < -0.3 is 5.11 Å². The number of aliphatic hydroxyl groups is 1. The zero-order chi connectivity index (χ0) is 11.6. The second-order valence-electron chi connectivity index (χ2n) is 3.32. The van der Waals surface area contributed by atoms with E-state index in [1.165, 1.54) is 19.1 Å². The van der Waals surface area contributed by atoms with Crippen molar-refractivity contribution >= 4 is 11.6 Å². The molecule has 5 heteroatoms. The van der Waals surface area contributed by atoms with Crippen LogP contribution in [0.1, 0.15) is 18.1 Å². The van der Waals surface area contributed by atoms with Gasteiger partial charge in [-0.3, -0.25) is 0 Å². The van der Waals surface area contributed by atoms with Gasteiger partial charge in [0.2, 0.25) is 0 Å². The molecule has 0 radical (unpaired) electrons. The Hall–Kier alpha value is -0.740. The van der Waals surface area contributed by atoms with Crippen molar-refractivity contribution in [3.63, 3.8) is 0 Å². The fourth-order valence-corrected chi connectivity index (χ4v) is 1.58. The van der Waals surface area contributed by atoms with E-state index < -0.39 is 17.8 Å². The number of benzene rings is 1. The van der Waals surface area contributed by atoms with Gasteiger partial charge in [0.15, 0.2) is 0 Å². The highest BCUT2D eigenvalue weighted by Gasteiger charge is 2.34. The molecule has 84 valence electrons. The Bertz CT molecular complexity index is 347. The molecule has 0 saturated carbocycles. The van der Waals surface area contributed by atoms with Crippen molar-refractivity contribution < 1.29 is 18.3 Å². The van der Waals surface area contributed by atoms with Gasteiger partial charge in [0.25, 0.3) is 0 Å². The lowest BCUT2D eigenvalue weighted by atomic mass is 10.0. The summed E-state index contributed by atoms with van der Waals surface area (Å²) in [5.41, 5.74) is -0.836. The van der Waals surface area contributed by atoms with Gasteiger partial charge >= 0.3 is 6.18 Å². The third-order valence-electron chi connectivity index (χ3n) is 1.92. The van der Waals surface area contributed by atoms with E-state index >= 15 is 0 Å². The summed E-state index contributed by atoms with van der Waals surface area (Å²) in [5, 5.41) is 9.13. The number of aliphatic hydroxyl groups excluding tert-OH is 1. The van der Waals surface area contributed by atoms with Crippen LogP contribution in [0.15, 0.2) is 18.2 Å². The van der Waals surface area contributed by atoms with Crippen LogP contribution in [0.25, 0.3) is 0 Å². The van der Waals surface area contributed by atoms with Gasteiger partial charge in [0.1, 0.15) is 0 Å². The molecule has 15 heavy (non-hydrogen) atoms. The predicted molar refractivity (Wildman–Crippen MR) is 51.8 cm³/mol. The Kier molecular flexibility index (Phi) is 3.62. The molecular weight excluding hydrogens is 229 g/mol. The summed E-state index contributed by atoms with van der Waals surface area (Å²) in [6.45, 7) is 1.42. The quantitative estimate of drug-likeness (QED) is 0.838. The standard InChI is InChI=1S/C10H10ClF3O/c1-6(15)5-7-8(10(12,13)14)3-2-4-9(7)11/h2-4,6,15H,5H2,1H3/t6-/m1/s1. The van der Waals surface area contributed by atoms with E-state index in [1.54, 1.807) is 0 Å². The Balaban J connectivity index is 3.21. The molecule has 0 aliphatic heterocycles. The monoisotopic (exact) mass is 238 g/mol. The highest BCUT2D eigenvalue weighted by Crippen LogP contribution is 2.35. The van der Waals surface area contributed by atoms with E-state index in [1.807, 2.05) is 0 Å². The van der Waals surface area contributed by atoms with Crippen molar-refractivity contribution in [2.45, 2.75) is 25.6 Å². The summed E-state index contributed by atoms with van der Waals surface area (Å²) < 4.78 is 37.6. The SMILES string of the molecule is C[C@@H](O)Cc1c(Cl)cccc1C(F)(F)F. The molecule has 0 fully saturated rings. The van der Waals surface area contributed by atoms with Gasteiger partial charge in [-0.25, -0.2) is 0 Å². The van der Waals surface area contributed by atoms with Crippen molar-refractivity contribution in [1.29, 1.82) is 0 Å². The summed E-state index contributed by atoms with van der Waals surface area (Å²) in [6.07, 6.45) is -5.39. The smallest absolute Gasteiger partial charge is 0.393 e. The molecule has 0 spiro atoms. The molecule has 0 aromatic heterocycles. The van der Waals surface area contributed by atoms with Crippen LogP contribution in [0, 0.1) is 0 Å². The van der Waals surface area contributed by atoms with Gasteiger partial charge in [-0.1, -0.05) is 17.7 Å². The van der Waals surface area contributed by atoms with E-state index in [0.29, 0.717) is 0 Å². The predicted octanol–water partition coefficient (Wildman–Crippen LogP) is 3.28. The Morgan fingerprint density at radius 3 is 2.47 bits per heavy atom. The molecule has 0 aliphatic carbocycles. The van der Waals surface area contributed by atoms with Crippen LogP contribution in [0.4, 0.5) is 13.2 Å². The summed E-state index contributed by atoms with van der Waals surface area (Å²) in [7, 11) is 0. The van der Waals surface area contributed by atoms with Crippen LogP contribution in [0.2, 0.25) is 5.02 Å². The minimum atomic E-state index is -4.44. The lowest BCUT2D eigenvalue weighted by Crippen LogP contribution is -2.13. The molecule has 1 atom stereocenters. The molecule has 1 aromatic carbocycles. The van der Waals surface area contributed by atoms with Gasteiger partial charge in [-0.05, 0) is 24.6 Å². The van der Waals surface area contributed by atoms with Crippen molar-refractivity contribution in [1.82, 2.24) is 0 Å². The Morgan fingerprint density at radius 2 is 2.00 bits per heavy atom. The first kappa shape index (κ1) is 12.3. The molecule has 0 heterocycles. The highest BCUT2D eigenvalue weighted by molar-refractivity contribution is 6.31. The highest BCUT2D eigenvalue weighted by atomic mass is 35.5. The number of alkyl halides is 3. The Morgan fingerprint density at radius 1 is 1.40 bits per heavy atom. The first-order valence-corrected chi connectivity index (χ1v) is 4.73. The first-order valence-electron chi connectivity index (χ1n) is 4.35. The van der Waals surface area contributed by atoms with Gasteiger partial charge in [-0.15, -0.1) is 0 Å². The molecule has 0 amide bonds. The fourth-order valence-electron chi connectivity index (χ4n) is 1.33. The molecule has 0 unspecified atom stereocenters. The van der Waals surface area contributed by atoms with Crippen molar-refractivity contribution in [3.8, 4) is 0 Å². The molecule has 1 aromatic rings. The van der Waals surface area contributed by atoms with Crippen molar-refractivity contribution in [3.05, 3.63) is 34.3 Å². The molecule has 0 bridgehead atoms. The second kappa shape index (κ2) is 4.41. The van der Waals surface area contributed by atoms with E-state index in [9.17, 15) is 13.2 Å². The largest absolute Gasteiger partial charge is 0.416 e. The van der Waals surface area contributed by atoms with Crippen molar-refractivity contribution in [2.75, 3.05) is 0 Å². The Labute approximate surface area is 90.5 Å². The van der Waals surface area contributed by atoms with Gasteiger partial charge in [0, 0.05) is 11.4 Å². The molecule has 1 nitrogen and oxygen atoms in total. The molecule has 1 rings (SSSR count). The maximum atomic E-state index is 12.5. The van der Waals surface area contributed by atoms with E-state index in [0.717, 1.165) is 6.07 Å². The van der Waals surface area contributed by atoms with Crippen LogP contribution in [0.3, 0.4) is 0 Å². The van der Waals surface area contributed by atoms with Crippen LogP contribution < -0.4 is 0 Å². The number of hydrogen-bond acceptors (Lipinski definition) is 1. The maximum absolute atomic E-state index is 12.5. The normalized spacial score (nSPS) is 14.0. The maximum Gasteiger partial charge on any atom is 0.416 e. The van der Waals surface area contributed by atoms with E-state index in [4.69, 9.17) is 16.7 Å². The summed E-state index contributed by atoms with van der Waals surface area (Å²) >= 11 is 5.67. The van der Waals surface area contributed by atoms with E-state index in [-0.39, 0.29) is 17.0 Å². The molecular formula is C10H10ClF3O. The number of rotatable bonds is 2. The lowest BCUT2D eigenvalue weighted by Gasteiger charge is -2.15. The summed E-state index contributed by atoms with van der Waals surface area (Å²) in [4.78, 5) is 0. The minimum absolute atomic E-state index is 0.0331. The topological polar surface area (TPSA) is 20.2 Å². The summed E-state index contributed by atoms with van der Waals surface area (Å²) in [5.74, 6) is 0. The van der Waals surface area contributed by atoms with Gasteiger partial charge in [0.05, 0.1) is 11.7 Å². The van der Waals surface area contributed by atoms with Gasteiger partial charge in [-0.2, -0.15) is 13.2 Å². The minimum Gasteiger partial charge on any atom is -0.393 e. The molecule has 1 N–H and O–H groups in total. The molecule has 0 saturated heterocycles. The lowest BCUT2D eigenvalue weighted by molar-refractivity contribution is -0.138. The average Bonchev–Trinajstić information content (AvgIpc) is 2.05.